The number of nitrogens with zero attached hydrogens (tertiary/aromatic N) is 2. The molecular formula is C17H16ClN3O2S2. The van der Waals surface area contributed by atoms with Gasteiger partial charge in [0.1, 0.15) is 4.83 Å². The minimum absolute atomic E-state index is 0.0764. The molecule has 1 amide bonds. The Balaban J connectivity index is 1.77. The summed E-state index contributed by atoms with van der Waals surface area (Å²) in [5.41, 5.74) is 1.58. The van der Waals surface area contributed by atoms with Crippen molar-refractivity contribution in [3.8, 4) is 0 Å². The summed E-state index contributed by atoms with van der Waals surface area (Å²) in [6.07, 6.45) is 0. The molecule has 0 spiro atoms. The van der Waals surface area contributed by atoms with E-state index in [2.05, 4.69) is 10.3 Å². The molecule has 0 saturated heterocycles. The first-order valence-corrected chi connectivity index (χ1v) is 9.69. The van der Waals surface area contributed by atoms with Gasteiger partial charge in [0.15, 0.2) is 5.16 Å². The second-order valence-corrected chi connectivity index (χ2v) is 8.15. The Labute approximate surface area is 158 Å². The number of thiophene rings is 1. The number of thioether (sulfide) groups is 1. The molecule has 25 heavy (non-hydrogen) atoms. The first-order chi connectivity index (χ1) is 11.9. The van der Waals surface area contributed by atoms with Crippen LogP contribution in [0, 0.1) is 13.8 Å². The third-order valence-electron chi connectivity index (χ3n) is 3.83. The highest BCUT2D eigenvalue weighted by Gasteiger charge is 2.15. The molecule has 0 atom stereocenters. The SMILES string of the molecule is Cc1sc2nc(SCC(=O)Nc3ccc(Cl)cc3)n(C)c(=O)c2c1C. The number of carbonyl (C=O) groups excluding carboxylic acids is 1. The Hall–Kier alpha value is -1.83. The van der Waals surface area contributed by atoms with Gasteiger partial charge >= 0.3 is 0 Å². The van der Waals surface area contributed by atoms with E-state index < -0.39 is 0 Å². The van der Waals surface area contributed by atoms with Gasteiger partial charge in [-0.05, 0) is 43.7 Å². The van der Waals surface area contributed by atoms with Crippen LogP contribution in [-0.2, 0) is 11.8 Å². The Kier molecular flexibility index (Phi) is 5.17. The smallest absolute Gasteiger partial charge is 0.262 e. The highest BCUT2D eigenvalue weighted by atomic mass is 35.5. The first kappa shape index (κ1) is 18.0. The average molecular weight is 394 g/mol. The van der Waals surface area contributed by atoms with E-state index in [1.807, 2.05) is 13.8 Å². The van der Waals surface area contributed by atoms with E-state index in [0.29, 0.717) is 21.3 Å². The van der Waals surface area contributed by atoms with E-state index in [-0.39, 0.29) is 17.2 Å². The molecular weight excluding hydrogens is 378 g/mol. The number of anilines is 1. The van der Waals surface area contributed by atoms with Crippen molar-refractivity contribution in [3.05, 3.63) is 50.1 Å². The Morgan fingerprint density at radius 1 is 1.32 bits per heavy atom. The highest BCUT2D eigenvalue weighted by molar-refractivity contribution is 7.99. The summed E-state index contributed by atoms with van der Waals surface area (Å²) in [4.78, 5) is 31.0. The van der Waals surface area contributed by atoms with Gasteiger partial charge in [-0.25, -0.2) is 4.98 Å². The molecule has 3 rings (SSSR count). The van der Waals surface area contributed by atoms with Gasteiger partial charge in [-0.1, -0.05) is 23.4 Å². The first-order valence-electron chi connectivity index (χ1n) is 7.51. The molecule has 0 aliphatic heterocycles. The van der Waals surface area contributed by atoms with Crippen molar-refractivity contribution in [1.29, 1.82) is 0 Å². The van der Waals surface area contributed by atoms with Gasteiger partial charge in [-0.15, -0.1) is 11.3 Å². The van der Waals surface area contributed by atoms with Crippen molar-refractivity contribution >= 4 is 56.5 Å². The summed E-state index contributed by atoms with van der Waals surface area (Å²) >= 11 is 8.57. The van der Waals surface area contributed by atoms with E-state index in [1.165, 1.54) is 27.7 Å². The lowest BCUT2D eigenvalue weighted by Crippen LogP contribution is -2.21. The standard InChI is InChI=1S/C17H16ClN3O2S2/c1-9-10(2)25-15-14(9)16(23)21(3)17(20-15)24-8-13(22)19-12-6-4-11(18)5-7-12/h4-7H,8H2,1-3H3,(H,19,22). The largest absolute Gasteiger partial charge is 0.325 e. The molecule has 0 saturated carbocycles. The molecule has 2 heterocycles. The van der Waals surface area contributed by atoms with Crippen LogP contribution in [0.5, 0.6) is 0 Å². The fraction of sp³-hybridized carbons (Fsp3) is 0.235. The summed E-state index contributed by atoms with van der Waals surface area (Å²) in [7, 11) is 1.68. The number of fused-ring (bicyclic) bond motifs is 1. The lowest BCUT2D eigenvalue weighted by atomic mass is 10.2. The van der Waals surface area contributed by atoms with E-state index >= 15 is 0 Å². The van der Waals surface area contributed by atoms with E-state index in [4.69, 9.17) is 11.6 Å². The maximum absolute atomic E-state index is 12.6. The zero-order chi connectivity index (χ0) is 18.1. The molecule has 0 aliphatic carbocycles. The number of hydrogen-bond acceptors (Lipinski definition) is 5. The summed E-state index contributed by atoms with van der Waals surface area (Å²) in [5.74, 6) is -0.00204. The van der Waals surface area contributed by atoms with Crippen molar-refractivity contribution < 1.29 is 4.79 Å². The predicted molar refractivity (Wildman–Crippen MR) is 105 cm³/mol. The van der Waals surface area contributed by atoms with Crippen LogP contribution < -0.4 is 10.9 Å². The van der Waals surface area contributed by atoms with Crippen molar-refractivity contribution in [2.45, 2.75) is 19.0 Å². The number of rotatable bonds is 4. The fourth-order valence-corrected chi connectivity index (χ4v) is 4.31. The molecule has 5 nitrogen and oxygen atoms in total. The van der Waals surface area contributed by atoms with Crippen LogP contribution in [0.25, 0.3) is 10.2 Å². The Morgan fingerprint density at radius 2 is 2.00 bits per heavy atom. The van der Waals surface area contributed by atoms with Crippen molar-refractivity contribution in [1.82, 2.24) is 9.55 Å². The van der Waals surface area contributed by atoms with Crippen LogP contribution >= 0.6 is 34.7 Å². The van der Waals surface area contributed by atoms with Crippen LogP contribution in [0.15, 0.2) is 34.2 Å². The topological polar surface area (TPSA) is 64.0 Å². The third kappa shape index (κ3) is 3.73. The Bertz CT molecular complexity index is 1010. The van der Waals surface area contributed by atoms with Gasteiger partial charge in [-0.3, -0.25) is 14.2 Å². The highest BCUT2D eigenvalue weighted by Crippen LogP contribution is 2.28. The molecule has 3 aromatic rings. The van der Waals surface area contributed by atoms with Gasteiger partial charge in [-0.2, -0.15) is 0 Å². The maximum Gasteiger partial charge on any atom is 0.262 e. The predicted octanol–water partition coefficient (Wildman–Crippen LogP) is 4.00. The molecule has 8 heteroatoms. The molecule has 0 fully saturated rings. The van der Waals surface area contributed by atoms with Crippen LogP contribution in [0.4, 0.5) is 5.69 Å². The minimum Gasteiger partial charge on any atom is -0.325 e. The minimum atomic E-state index is -0.166. The normalized spacial score (nSPS) is 11.0. The van der Waals surface area contributed by atoms with Gasteiger partial charge in [0, 0.05) is 22.6 Å². The second kappa shape index (κ2) is 7.19. The van der Waals surface area contributed by atoms with Gasteiger partial charge < -0.3 is 5.32 Å². The van der Waals surface area contributed by atoms with Crippen molar-refractivity contribution in [2.75, 3.05) is 11.1 Å². The summed E-state index contributed by atoms with van der Waals surface area (Å²) in [6.45, 7) is 3.91. The lowest BCUT2D eigenvalue weighted by Gasteiger charge is -2.08. The molecule has 0 bridgehead atoms. The van der Waals surface area contributed by atoms with Crippen LogP contribution in [-0.4, -0.2) is 21.2 Å². The zero-order valence-electron chi connectivity index (χ0n) is 13.9. The van der Waals surface area contributed by atoms with Gasteiger partial charge in [0.25, 0.3) is 5.56 Å². The van der Waals surface area contributed by atoms with Crippen LogP contribution in [0.3, 0.4) is 0 Å². The number of aryl methyl sites for hydroxylation is 2. The fourth-order valence-electron chi connectivity index (χ4n) is 2.35. The summed E-state index contributed by atoms with van der Waals surface area (Å²) in [5, 5.41) is 4.60. The van der Waals surface area contributed by atoms with Crippen LogP contribution in [0.2, 0.25) is 5.02 Å². The van der Waals surface area contributed by atoms with Crippen molar-refractivity contribution in [3.63, 3.8) is 0 Å². The number of carbonyl (C=O) groups is 1. The molecule has 0 unspecified atom stereocenters. The number of amides is 1. The number of benzene rings is 1. The number of halogens is 1. The van der Waals surface area contributed by atoms with Crippen LogP contribution in [0.1, 0.15) is 10.4 Å². The van der Waals surface area contributed by atoms with Gasteiger partial charge in [0.2, 0.25) is 5.91 Å². The monoisotopic (exact) mass is 393 g/mol. The third-order valence-corrected chi connectivity index (χ3v) is 6.21. The van der Waals surface area contributed by atoms with Crippen molar-refractivity contribution in [2.24, 2.45) is 7.05 Å². The molecule has 0 radical (unpaired) electrons. The number of hydrogen-bond donors (Lipinski definition) is 1. The molecule has 1 aromatic carbocycles. The Morgan fingerprint density at radius 3 is 2.68 bits per heavy atom. The van der Waals surface area contributed by atoms with E-state index in [1.54, 1.807) is 31.3 Å². The number of nitrogens with one attached hydrogen (secondary N) is 1. The quantitative estimate of drug-likeness (QED) is 0.537. The molecule has 1 N–H and O–H groups in total. The number of aromatic nitrogens is 2. The van der Waals surface area contributed by atoms with E-state index in [9.17, 15) is 9.59 Å². The molecule has 0 aliphatic rings. The second-order valence-electron chi connectivity index (χ2n) is 5.57. The van der Waals surface area contributed by atoms with E-state index in [0.717, 1.165) is 15.3 Å². The lowest BCUT2D eigenvalue weighted by molar-refractivity contribution is -0.113. The molecule has 2 aromatic heterocycles. The molecule has 130 valence electrons. The summed E-state index contributed by atoms with van der Waals surface area (Å²) in [6, 6.07) is 6.90. The zero-order valence-corrected chi connectivity index (χ0v) is 16.3. The van der Waals surface area contributed by atoms with Gasteiger partial charge in [0.05, 0.1) is 11.1 Å². The summed E-state index contributed by atoms with van der Waals surface area (Å²) < 4.78 is 1.50. The maximum atomic E-state index is 12.6. The average Bonchev–Trinajstić information content (AvgIpc) is 2.86.